The molecule has 0 aromatic rings. The van der Waals surface area contributed by atoms with Gasteiger partial charge in [-0.25, -0.2) is 0 Å². The summed E-state index contributed by atoms with van der Waals surface area (Å²) in [6.45, 7) is 3.55. The smallest absolute Gasteiger partial charge is 0.00670 e. The van der Waals surface area contributed by atoms with Gasteiger partial charge in [-0.1, -0.05) is 71.1 Å². The van der Waals surface area contributed by atoms with E-state index in [2.05, 4.69) is 12.2 Å². The first-order chi connectivity index (χ1) is 8.43. The summed E-state index contributed by atoms with van der Waals surface area (Å²) >= 11 is 0. The Balaban J connectivity index is 1.64. The average molecular weight is 239 g/mol. The molecule has 0 spiro atoms. The molecule has 0 radical (unpaired) electrons. The Hall–Kier alpha value is -0.0400. The van der Waals surface area contributed by atoms with Crippen LogP contribution in [0.3, 0.4) is 0 Å². The van der Waals surface area contributed by atoms with Gasteiger partial charge in [0.2, 0.25) is 0 Å². The Morgan fingerprint density at radius 3 is 1.76 bits per heavy atom. The fourth-order valence-corrected chi connectivity index (χ4v) is 2.53. The van der Waals surface area contributed by atoms with E-state index in [0.29, 0.717) is 0 Å². The molecular formula is C16H33N. The fraction of sp³-hybridized carbons (Fsp3) is 1.00. The van der Waals surface area contributed by atoms with E-state index >= 15 is 0 Å². The topological polar surface area (TPSA) is 12.0 Å². The second-order valence-electron chi connectivity index (χ2n) is 5.76. The van der Waals surface area contributed by atoms with Gasteiger partial charge in [0.1, 0.15) is 0 Å². The summed E-state index contributed by atoms with van der Waals surface area (Å²) in [6, 6.07) is 0.883. The third kappa shape index (κ3) is 8.65. The molecule has 0 heterocycles. The molecule has 1 N–H and O–H groups in total. The van der Waals surface area contributed by atoms with Crippen molar-refractivity contribution in [2.24, 2.45) is 0 Å². The molecule has 17 heavy (non-hydrogen) atoms. The van der Waals surface area contributed by atoms with Crippen molar-refractivity contribution in [3.8, 4) is 0 Å². The number of hydrogen-bond donors (Lipinski definition) is 1. The lowest BCUT2D eigenvalue weighted by molar-refractivity contribution is 0.337. The van der Waals surface area contributed by atoms with Gasteiger partial charge in [-0.3, -0.25) is 0 Å². The zero-order valence-electron chi connectivity index (χ0n) is 12.0. The molecule has 1 nitrogen and oxygen atoms in total. The molecule has 1 aliphatic carbocycles. The third-order valence-corrected chi connectivity index (χ3v) is 4.07. The van der Waals surface area contributed by atoms with Crippen LogP contribution < -0.4 is 5.32 Å². The lowest BCUT2D eigenvalue weighted by Crippen LogP contribution is -2.35. The SMILES string of the molecule is CCCCCCCCCCCCNC1CCC1. The number of nitrogens with one attached hydrogen (secondary N) is 1. The Bertz CT molecular complexity index is 152. The maximum absolute atomic E-state index is 3.64. The second kappa shape index (κ2) is 11.1. The highest BCUT2D eigenvalue weighted by atomic mass is 14.9. The van der Waals surface area contributed by atoms with Gasteiger partial charge in [-0.2, -0.15) is 0 Å². The van der Waals surface area contributed by atoms with Crippen LogP contribution in [-0.2, 0) is 0 Å². The van der Waals surface area contributed by atoms with Gasteiger partial charge in [0, 0.05) is 6.04 Å². The molecule has 1 rings (SSSR count). The predicted octanol–water partition coefficient (Wildman–Crippen LogP) is 5.05. The zero-order chi connectivity index (χ0) is 12.2. The molecule has 0 saturated heterocycles. The van der Waals surface area contributed by atoms with Gasteiger partial charge >= 0.3 is 0 Å². The van der Waals surface area contributed by atoms with Gasteiger partial charge in [0.25, 0.3) is 0 Å². The minimum atomic E-state index is 0.883. The quantitative estimate of drug-likeness (QED) is 0.470. The van der Waals surface area contributed by atoms with Crippen LogP contribution in [0.15, 0.2) is 0 Å². The summed E-state index contributed by atoms with van der Waals surface area (Å²) < 4.78 is 0. The van der Waals surface area contributed by atoms with E-state index in [-0.39, 0.29) is 0 Å². The van der Waals surface area contributed by atoms with E-state index in [1.54, 1.807) is 0 Å². The first kappa shape index (κ1) is 15.0. The van der Waals surface area contributed by atoms with Gasteiger partial charge in [0.15, 0.2) is 0 Å². The summed E-state index contributed by atoms with van der Waals surface area (Å²) in [5.74, 6) is 0. The molecule has 1 heteroatoms. The minimum absolute atomic E-state index is 0.883. The van der Waals surface area contributed by atoms with E-state index < -0.39 is 0 Å². The number of hydrogen-bond acceptors (Lipinski definition) is 1. The minimum Gasteiger partial charge on any atom is -0.314 e. The normalized spacial score (nSPS) is 16.1. The fourth-order valence-electron chi connectivity index (χ4n) is 2.53. The highest BCUT2D eigenvalue weighted by Crippen LogP contribution is 2.18. The van der Waals surface area contributed by atoms with Gasteiger partial charge in [0.05, 0.1) is 0 Å². The van der Waals surface area contributed by atoms with E-state index in [9.17, 15) is 0 Å². The predicted molar refractivity (Wildman–Crippen MR) is 77.5 cm³/mol. The van der Waals surface area contributed by atoms with Crippen molar-refractivity contribution in [2.75, 3.05) is 6.54 Å². The molecule has 0 amide bonds. The third-order valence-electron chi connectivity index (χ3n) is 4.07. The van der Waals surface area contributed by atoms with Crippen LogP contribution in [0.2, 0.25) is 0 Å². The maximum atomic E-state index is 3.64. The molecule has 0 bridgehead atoms. The molecule has 0 aromatic heterocycles. The van der Waals surface area contributed by atoms with E-state index in [4.69, 9.17) is 0 Å². The van der Waals surface area contributed by atoms with E-state index in [1.807, 2.05) is 0 Å². The molecule has 0 aromatic carbocycles. The molecule has 1 aliphatic rings. The maximum Gasteiger partial charge on any atom is 0.00670 e. The van der Waals surface area contributed by atoms with Crippen LogP contribution in [0, 0.1) is 0 Å². The molecule has 0 atom stereocenters. The highest BCUT2D eigenvalue weighted by molar-refractivity contribution is 4.75. The van der Waals surface area contributed by atoms with Crippen LogP contribution >= 0.6 is 0 Å². The summed E-state index contributed by atoms with van der Waals surface area (Å²) in [5.41, 5.74) is 0. The van der Waals surface area contributed by atoms with Crippen molar-refractivity contribution in [3.63, 3.8) is 0 Å². The van der Waals surface area contributed by atoms with E-state index in [0.717, 1.165) is 6.04 Å². The Morgan fingerprint density at radius 2 is 1.29 bits per heavy atom. The Kier molecular flexibility index (Phi) is 9.78. The van der Waals surface area contributed by atoms with Crippen molar-refractivity contribution in [1.29, 1.82) is 0 Å². The van der Waals surface area contributed by atoms with Crippen molar-refractivity contribution in [3.05, 3.63) is 0 Å². The van der Waals surface area contributed by atoms with E-state index in [1.165, 1.54) is 90.0 Å². The molecular weight excluding hydrogens is 206 g/mol. The first-order valence-electron chi connectivity index (χ1n) is 8.17. The highest BCUT2D eigenvalue weighted by Gasteiger charge is 2.15. The standard InChI is InChI=1S/C16H33N/c1-2-3-4-5-6-7-8-9-10-11-15-17-16-13-12-14-16/h16-17H,2-15H2,1H3. The summed E-state index contributed by atoms with van der Waals surface area (Å²) in [7, 11) is 0. The molecule has 102 valence electrons. The summed E-state index contributed by atoms with van der Waals surface area (Å²) in [6.07, 6.45) is 18.8. The van der Waals surface area contributed by atoms with Gasteiger partial charge < -0.3 is 5.32 Å². The van der Waals surface area contributed by atoms with Crippen LogP contribution in [-0.4, -0.2) is 12.6 Å². The van der Waals surface area contributed by atoms with Crippen molar-refractivity contribution in [1.82, 2.24) is 5.32 Å². The number of rotatable bonds is 12. The molecule has 1 fully saturated rings. The van der Waals surface area contributed by atoms with Crippen LogP contribution in [0.4, 0.5) is 0 Å². The van der Waals surface area contributed by atoms with Crippen molar-refractivity contribution < 1.29 is 0 Å². The van der Waals surface area contributed by atoms with Crippen molar-refractivity contribution in [2.45, 2.75) is 96.4 Å². The average Bonchev–Trinajstić information content (AvgIpc) is 2.28. The molecule has 1 saturated carbocycles. The summed E-state index contributed by atoms with van der Waals surface area (Å²) in [4.78, 5) is 0. The van der Waals surface area contributed by atoms with Crippen LogP contribution in [0.1, 0.15) is 90.4 Å². The van der Waals surface area contributed by atoms with Crippen molar-refractivity contribution >= 4 is 0 Å². The molecule has 0 aliphatic heterocycles. The largest absolute Gasteiger partial charge is 0.314 e. The molecule has 0 unspecified atom stereocenters. The Labute approximate surface area is 109 Å². The number of unbranched alkanes of at least 4 members (excludes halogenated alkanes) is 9. The Morgan fingerprint density at radius 1 is 0.765 bits per heavy atom. The zero-order valence-corrected chi connectivity index (χ0v) is 12.0. The monoisotopic (exact) mass is 239 g/mol. The lowest BCUT2D eigenvalue weighted by atomic mass is 9.93. The van der Waals surface area contributed by atoms with Crippen LogP contribution in [0.25, 0.3) is 0 Å². The summed E-state index contributed by atoms with van der Waals surface area (Å²) in [5, 5.41) is 3.64. The van der Waals surface area contributed by atoms with Gasteiger partial charge in [-0.05, 0) is 25.8 Å². The lowest BCUT2D eigenvalue weighted by Gasteiger charge is -2.26. The first-order valence-corrected chi connectivity index (χ1v) is 8.17. The van der Waals surface area contributed by atoms with Crippen LogP contribution in [0.5, 0.6) is 0 Å². The van der Waals surface area contributed by atoms with Gasteiger partial charge in [-0.15, -0.1) is 0 Å². The second-order valence-corrected chi connectivity index (χ2v) is 5.76.